The van der Waals surface area contributed by atoms with Crippen molar-refractivity contribution < 1.29 is 13.2 Å². The number of hydrogen-bond acceptors (Lipinski definition) is 5. The molecule has 3 rings (SSSR count). The minimum Gasteiger partial charge on any atom is -0.351 e. The minimum atomic E-state index is -4.54. The van der Waals surface area contributed by atoms with Gasteiger partial charge in [0.1, 0.15) is 11.5 Å². The number of piperazine rings is 1. The zero-order valence-electron chi connectivity index (χ0n) is 15.0. The van der Waals surface area contributed by atoms with E-state index in [1.807, 2.05) is 11.9 Å². The fraction of sp³-hybridized carbons (Fsp3) is 0.500. The molecule has 5 nitrogen and oxygen atoms in total. The van der Waals surface area contributed by atoms with Crippen LogP contribution in [0.15, 0.2) is 30.5 Å². The molecule has 0 aliphatic carbocycles. The van der Waals surface area contributed by atoms with Crippen LogP contribution in [0.3, 0.4) is 0 Å². The van der Waals surface area contributed by atoms with Gasteiger partial charge in [0.2, 0.25) is 0 Å². The highest BCUT2D eigenvalue weighted by atomic mass is 19.4. The molecule has 0 aromatic carbocycles. The lowest BCUT2D eigenvalue weighted by Crippen LogP contribution is -2.54. The van der Waals surface area contributed by atoms with Gasteiger partial charge in [0.05, 0.1) is 0 Å². The van der Waals surface area contributed by atoms with Gasteiger partial charge in [-0.15, -0.1) is 0 Å². The molecule has 0 bridgehead atoms. The molecule has 1 atom stereocenters. The number of likely N-dealkylation sites (N-methyl/N-ethyl adjacent to an activating group) is 1. The van der Waals surface area contributed by atoms with Crippen LogP contribution < -0.4 is 4.90 Å². The molecule has 1 fully saturated rings. The second-order valence-corrected chi connectivity index (χ2v) is 6.91. The first-order valence-electron chi connectivity index (χ1n) is 8.58. The first kappa shape index (κ1) is 18.6. The van der Waals surface area contributed by atoms with E-state index in [-0.39, 0.29) is 17.8 Å². The van der Waals surface area contributed by atoms with Crippen molar-refractivity contribution in [1.29, 1.82) is 0 Å². The summed E-state index contributed by atoms with van der Waals surface area (Å²) >= 11 is 0. The Balaban J connectivity index is 2.08. The van der Waals surface area contributed by atoms with Gasteiger partial charge >= 0.3 is 6.18 Å². The molecule has 2 aromatic heterocycles. The van der Waals surface area contributed by atoms with Crippen molar-refractivity contribution in [3.63, 3.8) is 0 Å². The van der Waals surface area contributed by atoms with Crippen molar-refractivity contribution >= 4 is 5.82 Å². The van der Waals surface area contributed by atoms with Gasteiger partial charge in [-0.25, -0.2) is 9.97 Å². The fourth-order valence-corrected chi connectivity index (χ4v) is 3.14. The summed E-state index contributed by atoms with van der Waals surface area (Å²) in [6.45, 7) is 6.31. The lowest BCUT2D eigenvalue weighted by Gasteiger charge is -2.43. The Labute approximate surface area is 150 Å². The van der Waals surface area contributed by atoms with E-state index in [4.69, 9.17) is 0 Å². The average Bonchev–Trinajstić information content (AvgIpc) is 2.61. The summed E-state index contributed by atoms with van der Waals surface area (Å²) < 4.78 is 40.2. The summed E-state index contributed by atoms with van der Waals surface area (Å²) in [6.07, 6.45) is -3.02. The number of hydrogen-bond donors (Lipinski definition) is 0. The number of alkyl halides is 3. The predicted octanol–water partition coefficient (Wildman–Crippen LogP) is 3.33. The largest absolute Gasteiger partial charge is 0.433 e. The second kappa shape index (κ2) is 7.19. The van der Waals surface area contributed by atoms with E-state index in [9.17, 15) is 13.2 Å². The van der Waals surface area contributed by atoms with E-state index < -0.39 is 11.9 Å². The van der Waals surface area contributed by atoms with Crippen LogP contribution in [0.2, 0.25) is 0 Å². The Morgan fingerprint density at radius 3 is 2.54 bits per heavy atom. The molecule has 0 saturated carbocycles. The number of anilines is 1. The van der Waals surface area contributed by atoms with Gasteiger partial charge in [-0.3, -0.25) is 4.98 Å². The maximum absolute atomic E-state index is 13.4. The highest BCUT2D eigenvalue weighted by Gasteiger charge is 2.36. The fourth-order valence-electron chi connectivity index (χ4n) is 3.14. The van der Waals surface area contributed by atoms with Gasteiger partial charge in [0, 0.05) is 37.9 Å². The van der Waals surface area contributed by atoms with E-state index in [1.54, 1.807) is 18.2 Å². The minimum absolute atomic E-state index is 0.00291. The van der Waals surface area contributed by atoms with Gasteiger partial charge in [0.25, 0.3) is 0 Å². The van der Waals surface area contributed by atoms with E-state index in [0.29, 0.717) is 18.1 Å². The normalized spacial score (nSPS) is 19.2. The summed E-state index contributed by atoms with van der Waals surface area (Å²) in [7, 11) is 2.02. The number of rotatable bonds is 3. The molecule has 0 N–H and O–H groups in total. The molecule has 0 radical (unpaired) electrons. The molecule has 1 aliphatic heterocycles. The molecule has 1 aliphatic rings. The topological polar surface area (TPSA) is 45.2 Å². The quantitative estimate of drug-likeness (QED) is 0.835. The van der Waals surface area contributed by atoms with Crippen molar-refractivity contribution in [3.05, 3.63) is 36.2 Å². The standard InChI is InChI=1S/C18H22F3N5/c1-12(2)14-11-25(3)8-9-26(14)16-10-15(18(19,20)21)23-17(24-16)13-6-4-5-7-22-13/h4-7,10,12,14H,8-9,11H2,1-3H3. The second-order valence-electron chi connectivity index (χ2n) is 6.91. The molecule has 140 valence electrons. The summed E-state index contributed by atoms with van der Waals surface area (Å²) in [5, 5.41) is 0. The van der Waals surface area contributed by atoms with Crippen LogP contribution in [-0.2, 0) is 6.18 Å². The van der Waals surface area contributed by atoms with E-state index in [2.05, 4.69) is 33.7 Å². The molecule has 2 aromatic rings. The van der Waals surface area contributed by atoms with Gasteiger partial charge in [-0.05, 0) is 25.1 Å². The highest BCUT2D eigenvalue weighted by Crippen LogP contribution is 2.33. The number of nitrogens with zero attached hydrogens (tertiary/aromatic N) is 5. The number of halogens is 3. The van der Waals surface area contributed by atoms with Gasteiger partial charge in [-0.1, -0.05) is 19.9 Å². The van der Waals surface area contributed by atoms with Crippen LogP contribution in [0.5, 0.6) is 0 Å². The SMILES string of the molecule is CC(C)C1CN(C)CCN1c1cc(C(F)(F)F)nc(-c2ccccn2)n1. The molecular weight excluding hydrogens is 343 g/mol. The molecular formula is C18H22F3N5. The Morgan fingerprint density at radius 1 is 1.15 bits per heavy atom. The monoisotopic (exact) mass is 365 g/mol. The van der Waals surface area contributed by atoms with Crippen LogP contribution in [0.1, 0.15) is 19.5 Å². The summed E-state index contributed by atoms with van der Waals surface area (Å²) in [5.41, 5.74) is -0.611. The third kappa shape index (κ3) is 3.95. The summed E-state index contributed by atoms with van der Waals surface area (Å²) in [4.78, 5) is 16.4. The molecule has 1 unspecified atom stereocenters. The lowest BCUT2D eigenvalue weighted by molar-refractivity contribution is -0.141. The Hall–Kier alpha value is -2.22. The molecule has 8 heteroatoms. The Kier molecular flexibility index (Phi) is 5.13. The Morgan fingerprint density at radius 2 is 1.92 bits per heavy atom. The van der Waals surface area contributed by atoms with Gasteiger partial charge in [0.15, 0.2) is 11.5 Å². The third-order valence-electron chi connectivity index (χ3n) is 4.58. The maximum Gasteiger partial charge on any atom is 0.433 e. The molecule has 0 spiro atoms. The number of aromatic nitrogens is 3. The average molecular weight is 365 g/mol. The van der Waals surface area contributed by atoms with Gasteiger partial charge in [-0.2, -0.15) is 13.2 Å². The lowest BCUT2D eigenvalue weighted by atomic mass is 9.99. The zero-order valence-corrected chi connectivity index (χ0v) is 15.0. The smallest absolute Gasteiger partial charge is 0.351 e. The first-order chi connectivity index (χ1) is 12.3. The van der Waals surface area contributed by atoms with Gasteiger partial charge < -0.3 is 9.80 Å². The summed E-state index contributed by atoms with van der Waals surface area (Å²) in [6, 6.07) is 6.16. The van der Waals surface area contributed by atoms with Crippen molar-refractivity contribution in [2.75, 3.05) is 31.6 Å². The van der Waals surface area contributed by atoms with Crippen LogP contribution in [-0.4, -0.2) is 52.6 Å². The third-order valence-corrected chi connectivity index (χ3v) is 4.58. The summed E-state index contributed by atoms with van der Waals surface area (Å²) in [5.74, 6) is 0.581. The Bertz CT molecular complexity index is 748. The van der Waals surface area contributed by atoms with Crippen LogP contribution in [0, 0.1) is 5.92 Å². The van der Waals surface area contributed by atoms with Crippen LogP contribution in [0.4, 0.5) is 19.0 Å². The van der Waals surface area contributed by atoms with Crippen molar-refractivity contribution in [3.8, 4) is 11.5 Å². The van der Waals surface area contributed by atoms with E-state index in [1.165, 1.54) is 6.20 Å². The van der Waals surface area contributed by atoms with Crippen molar-refractivity contribution in [2.45, 2.75) is 26.1 Å². The number of pyridine rings is 1. The predicted molar refractivity (Wildman–Crippen MR) is 93.7 cm³/mol. The molecule has 1 saturated heterocycles. The van der Waals surface area contributed by atoms with Crippen molar-refractivity contribution in [1.82, 2.24) is 19.9 Å². The molecule has 0 amide bonds. The van der Waals surface area contributed by atoms with Crippen LogP contribution >= 0.6 is 0 Å². The van der Waals surface area contributed by atoms with E-state index in [0.717, 1.165) is 19.2 Å². The highest BCUT2D eigenvalue weighted by molar-refractivity contribution is 5.54. The van der Waals surface area contributed by atoms with Crippen LogP contribution in [0.25, 0.3) is 11.5 Å². The first-order valence-corrected chi connectivity index (χ1v) is 8.58. The molecule has 26 heavy (non-hydrogen) atoms. The zero-order chi connectivity index (χ0) is 18.9. The van der Waals surface area contributed by atoms with Crippen molar-refractivity contribution in [2.24, 2.45) is 5.92 Å². The molecule has 3 heterocycles. The van der Waals surface area contributed by atoms with E-state index >= 15 is 0 Å². The maximum atomic E-state index is 13.4.